The summed E-state index contributed by atoms with van der Waals surface area (Å²) in [6, 6.07) is 3.56. The Hall–Kier alpha value is -2.11. The molecule has 90 valence electrons. The van der Waals surface area contributed by atoms with Crippen molar-refractivity contribution >= 4 is 11.9 Å². The first-order valence-corrected chi connectivity index (χ1v) is 4.95. The van der Waals surface area contributed by atoms with Gasteiger partial charge in [0.2, 0.25) is 0 Å². The van der Waals surface area contributed by atoms with Gasteiger partial charge in [0.15, 0.2) is 0 Å². The molecule has 6 heteroatoms. The van der Waals surface area contributed by atoms with Crippen molar-refractivity contribution < 1.29 is 18.7 Å². The fraction of sp³-hybridized carbons (Fsp3) is 0.273. The van der Waals surface area contributed by atoms with Gasteiger partial charge in [-0.1, -0.05) is 6.07 Å². The molecule has 1 aromatic carbocycles. The molecular weight excluding hydrogens is 227 g/mol. The smallest absolute Gasteiger partial charge is 0.322 e. The highest BCUT2D eigenvalue weighted by molar-refractivity contribution is 6.07. The first kappa shape index (κ1) is 11.4. The van der Waals surface area contributed by atoms with Gasteiger partial charge in [-0.15, -0.1) is 0 Å². The number of rotatable bonds is 2. The van der Waals surface area contributed by atoms with E-state index in [2.05, 4.69) is 10.6 Å². The fourth-order valence-corrected chi connectivity index (χ4v) is 1.88. The molecule has 3 amide bonds. The van der Waals surface area contributed by atoms with Crippen LogP contribution in [0.25, 0.3) is 0 Å². The number of hydrogen-bond donors (Lipinski definition) is 2. The molecule has 0 aromatic heterocycles. The Labute approximate surface area is 97.0 Å². The monoisotopic (exact) mass is 238 g/mol. The van der Waals surface area contributed by atoms with Gasteiger partial charge in [-0.25, -0.2) is 9.18 Å². The normalized spacial score (nSPS) is 23.2. The van der Waals surface area contributed by atoms with Gasteiger partial charge < -0.3 is 10.1 Å². The maximum atomic E-state index is 13.8. The summed E-state index contributed by atoms with van der Waals surface area (Å²) < 4.78 is 18.8. The quantitative estimate of drug-likeness (QED) is 0.752. The molecule has 1 saturated heterocycles. The summed E-state index contributed by atoms with van der Waals surface area (Å²) in [5, 5.41) is 4.47. The van der Waals surface area contributed by atoms with Gasteiger partial charge in [-0.2, -0.15) is 0 Å². The van der Waals surface area contributed by atoms with E-state index < -0.39 is 23.3 Å². The van der Waals surface area contributed by atoms with E-state index >= 15 is 0 Å². The van der Waals surface area contributed by atoms with Crippen LogP contribution in [0, 0.1) is 5.82 Å². The third-order valence-corrected chi connectivity index (χ3v) is 2.74. The van der Waals surface area contributed by atoms with Crippen LogP contribution < -0.4 is 15.4 Å². The van der Waals surface area contributed by atoms with E-state index in [-0.39, 0.29) is 11.3 Å². The van der Waals surface area contributed by atoms with Crippen LogP contribution in [0.1, 0.15) is 12.5 Å². The molecule has 1 aliphatic rings. The number of methoxy groups -OCH3 is 1. The second-order valence-electron chi connectivity index (χ2n) is 3.85. The number of benzene rings is 1. The van der Waals surface area contributed by atoms with Gasteiger partial charge in [0.25, 0.3) is 5.91 Å². The molecule has 1 aromatic rings. The zero-order valence-corrected chi connectivity index (χ0v) is 9.33. The summed E-state index contributed by atoms with van der Waals surface area (Å²) >= 11 is 0. The van der Waals surface area contributed by atoms with Crippen LogP contribution >= 0.6 is 0 Å². The summed E-state index contributed by atoms with van der Waals surface area (Å²) in [4.78, 5) is 22.9. The van der Waals surface area contributed by atoms with Crippen molar-refractivity contribution in [3.63, 3.8) is 0 Å². The van der Waals surface area contributed by atoms with Crippen LogP contribution in [0.3, 0.4) is 0 Å². The van der Waals surface area contributed by atoms with E-state index in [9.17, 15) is 14.0 Å². The molecule has 2 rings (SSSR count). The first-order valence-electron chi connectivity index (χ1n) is 4.95. The topological polar surface area (TPSA) is 67.4 Å². The molecule has 1 fully saturated rings. The lowest BCUT2D eigenvalue weighted by Gasteiger charge is -2.23. The molecule has 1 heterocycles. The number of ether oxygens (including phenoxy) is 1. The molecule has 0 saturated carbocycles. The van der Waals surface area contributed by atoms with E-state index in [1.165, 1.54) is 32.2 Å². The minimum absolute atomic E-state index is 0.0193. The Morgan fingerprint density at radius 3 is 2.59 bits per heavy atom. The van der Waals surface area contributed by atoms with Crippen LogP contribution in [0.5, 0.6) is 5.75 Å². The SMILES string of the molecule is COc1cccc(F)c1C1(C)NC(=O)NC1=O. The number of halogens is 1. The zero-order chi connectivity index (χ0) is 12.6. The third kappa shape index (κ3) is 1.61. The Bertz CT molecular complexity index is 503. The van der Waals surface area contributed by atoms with Gasteiger partial charge in [0.1, 0.15) is 17.1 Å². The fourth-order valence-electron chi connectivity index (χ4n) is 1.88. The second kappa shape index (κ2) is 3.73. The number of carbonyl (C=O) groups excluding carboxylic acids is 2. The van der Waals surface area contributed by atoms with Crippen molar-refractivity contribution in [2.75, 3.05) is 7.11 Å². The molecule has 5 nitrogen and oxygen atoms in total. The molecule has 1 unspecified atom stereocenters. The van der Waals surface area contributed by atoms with Crippen molar-refractivity contribution in [3.8, 4) is 5.75 Å². The predicted octanol–water partition coefficient (Wildman–Crippen LogP) is 0.889. The van der Waals surface area contributed by atoms with E-state index in [0.717, 1.165) is 0 Å². The predicted molar refractivity (Wildman–Crippen MR) is 57.0 cm³/mol. The molecule has 0 spiro atoms. The average Bonchev–Trinajstić information content (AvgIpc) is 2.52. The number of urea groups is 1. The molecule has 2 N–H and O–H groups in total. The summed E-state index contributed by atoms with van der Waals surface area (Å²) in [5.74, 6) is -1.00. The number of nitrogens with one attached hydrogen (secondary N) is 2. The van der Waals surface area contributed by atoms with Crippen LogP contribution in [-0.4, -0.2) is 19.0 Å². The number of amides is 3. The van der Waals surface area contributed by atoms with Crippen LogP contribution in [0.2, 0.25) is 0 Å². The van der Waals surface area contributed by atoms with Gasteiger partial charge in [-0.05, 0) is 19.1 Å². The van der Waals surface area contributed by atoms with Crippen molar-refractivity contribution in [3.05, 3.63) is 29.6 Å². The maximum absolute atomic E-state index is 13.8. The number of hydrogen-bond acceptors (Lipinski definition) is 3. The minimum atomic E-state index is -1.45. The molecular formula is C11H11FN2O3. The lowest BCUT2D eigenvalue weighted by Crippen LogP contribution is -2.41. The molecule has 0 bridgehead atoms. The highest BCUT2D eigenvalue weighted by atomic mass is 19.1. The van der Waals surface area contributed by atoms with E-state index in [0.29, 0.717) is 0 Å². The molecule has 0 radical (unpaired) electrons. The Morgan fingerprint density at radius 2 is 2.06 bits per heavy atom. The summed E-state index contributed by atoms with van der Waals surface area (Å²) in [7, 11) is 1.37. The standard InChI is InChI=1S/C11H11FN2O3/c1-11(9(15)13-10(16)14-11)8-6(12)4-3-5-7(8)17-2/h3-5H,1-2H3,(H2,13,14,15,16). The van der Waals surface area contributed by atoms with Crippen molar-refractivity contribution in [2.45, 2.75) is 12.5 Å². The van der Waals surface area contributed by atoms with Gasteiger partial charge in [-0.3, -0.25) is 10.1 Å². The van der Waals surface area contributed by atoms with Crippen LogP contribution in [0.4, 0.5) is 9.18 Å². The minimum Gasteiger partial charge on any atom is -0.496 e. The Morgan fingerprint density at radius 1 is 1.35 bits per heavy atom. The van der Waals surface area contributed by atoms with Crippen LogP contribution in [-0.2, 0) is 10.3 Å². The lowest BCUT2D eigenvalue weighted by atomic mass is 9.91. The Balaban J connectivity index is 2.60. The van der Waals surface area contributed by atoms with Crippen molar-refractivity contribution in [1.29, 1.82) is 0 Å². The van der Waals surface area contributed by atoms with Crippen LogP contribution in [0.15, 0.2) is 18.2 Å². The van der Waals surface area contributed by atoms with Crippen molar-refractivity contribution in [2.24, 2.45) is 0 Å². The highest BCUT2D eigenvalue weighted by Gasteiger charge is 2.46. The number of imide groups is 1. The first-order chi connectivity index (χ1) is 7.99. The largest absolute Gasteiger partial charge is 0.496 e. The maximum Gasteiger partial charge on any atom is 0.322 e. The Kier molecular flexibility index (Phi) is 2.49. The molecule has 1 atom stereocenters. The second-order valence-corrected chi connectivity index (χ2v) is 3.85. The molecule has 17 heavy (non-hydrogen) atoms. The zero-order valence-electron chi connectivity index (χ0n) is 9.33. The number of carbonyl (C=O) groups is 2. The third-order valence-electron chi connectivity index (χ3n) is 2.74. The van der Waals surface area contributed by atoms with Gasteiger partial charge >= 0.3 is 6.03 Å². The van der Waals surface area contributed by atoms with E-state index in [4.69, 9.17) is 4.74 Å². The van der Waals surface area contributed by atoms with E-state index in [1.807, 2.05) is 0 Å². The van der Waals surface area contributed by atoms with Gasteiger partial charge in [0, 0.05) is 0 Å². The lowest BCUT2D eigenvalue weighted by molar-refractivity contribution is -0.123. The van der Waals surface area contributed by atoms with Crippen molar-refractivity contribution in [1.82, 2.24) is 10.6 Å². The average molecular weight is 238 g/mol. The molecule has 1 aliphatic heterocycles. The summed E-state index contributed by atoms with van der Waals surface area (Å²) in [5.41, 5.74) is -1.43. The highest BCUT2D eigenvalue weighted by Crippen LogP contribution is 2.34. The molecule has 0 aliphatic carbocycles. The van der Waals surface area contributed by atoms with Gasteiger partial charge in [0.05, 0.1) is 12.7 Å². The van der Waals surface area contributed by atoms with E-state index in [1.54, 1.807) is 0 Å². The summed E-state index contributed by atoms with van der Waals surface area (Å²) in [6.45, 7) is 1.42. The summed E-state index contributed by atoms with van der Waals surface area (Å²) in [6.07, 6.45) is 0.